The minimum atomic E-state index is -1.04. The number of amides is 1. The number of rotatable bonds is 3. The molecule has 4 rings (SSSR count). The van der Waals surface area contributed by atoms with E-state index in [0.717, 1.165) is 38.8 Å². The Kier molecular flexibility index (Phi) is 4.84. The van der Waals surface area contributed by atoms with Gasteiger partial charge in [-0.2, -0.15) is 0 Å². The Labute approximate surface area is 168 Å². The molecule has 0 spiro atoms. The number of thiazole rings is 1. The molecule has 2 heterocycles. The van der Waals surface area contributed by atoms with E-state index in [1.54, 1.807) is 18.8 Å². The first kappa shape index (κ1) is 18.9. The number of thioether (sulfide) groups is 1. The molecule has 0 bridgehead atoms. The maximum atomic E-state index is 13.8. The van der Waals surface area contributed by atoms with Crippen molar-refractivity contribution in [2.75, 3.05) is 11.2 Å². The van der Waals surface area contributed by atoms with Gasteiger partial charge in [0.2, 0.25) is 5.91 Å². The molecule has 1 amide bonds. The van der Waals surface area contributed by atoms with Crippen molar-refractivity contribution in [3.8, 4) is 0 Å². The average molecular weight is 418 g/mol. The van der Waals surface area contributed by atoms with Crippen LogP contribution in [-0.4, -0.2) is 16.7 Å². The lowest BCUT2D eigenvalue weighted by Crippen LogP contribution is -2.34. The summed E-state index contributed by atoms with van der Waals surface area (Å²) >= 11 is 2.70. The summed E-state index contributed by atoms with van der Waals surface area (Å²) in [7, 11) is 1.58. The van der Waals surface area contributed by atoms with Crippen LogP contribution in [0.2, 0.25) is 0 Å². The van der Waals surface area contributed by atoms with Gasteiger partial charge in [-0.15, -0.1) is 11.8 Å². The van der Waals surface area contributed by atoms with Gasteiger partial charge >= 0.3 is 4.87 Å². The van der Waals surface area contributed by atoms with Crippen molar-refractivity contribution in [2.45, 2.75) is 17.2 Å². The summed E-state index contributed by atoms with van der Waals surface area (Å²) < 4.78 is 28.5. The zero-order valence-corrected chi connectivity index (χ0v) is 16.7. The van der Waals surface area contributed by atoms with Gasteiger partial charge in [-0.25, -0.2) is 8.78 Å². The van der Waals surface area contributed by atoms with Crippen molar-refractivity contribution in [1.82, 2.24) is 4.57 Å². The molecule has 0 saturated heterocycles. The van der Waals surface area contributed by atoms with Crippen molar-refractivity contribution < 1.29 is 13.6 Å². The summed E-state index contributed by atoms with van der Waals surface area (Å²) in [5.41, 5.74) is 1.15. The van der Waals surface area contributed by atoms with Gasteiger partial charge in [-0.1, -0.05) is 23.5 Å². The third-order valence-corrected chi connectivity index (χ3v) is 6.72. The Bertz CT molecular complexity index is 1120. The van der Waals surface area contributed by atoms with Gasteiger partial charge in [0.15, 0.2) is 11.6 Å². The molecule has 8 heteroatoms. The summed E-state index contributed by atoms with van der Waals surface area (Å²) in [6.45, 7) is 0. The van der Waals surface area contributed by atoms with Crippen LogP contribution < -0.4 is 9.77 Å². The molecular formula is C20H16F2N2O2S2. The summed E-state index contributed by atoms with van der Waals surface area (Å²) in [5.74, 6) is -2.14. The van der Waals surface area contributed by atoms with Gasteiger partial charge in [-0.05, 0) is 36.1 Å². The molecule has 0 fully saturated rings. The smallest absolute Gasteiger partial charge is 0.288 e. The molecule has 0 aliphatic carbocycles. The van der Waals surface area contributed by atoms with Crippen LogP contribution in [0.25, 0.3) is 0 Å². The van der Waals surface area contributed by atoms with Gasteiger partial charge in [0, 0.05) is 30.3 Å². The van der Waals surface area contributed by atoms with Crippen molar-refractivity contribution >= 4 is 40.5 Å². The maximum absolute atomic E-state index is 13.8. The monoisotopic (exact) mass is 418 g/mol. The Balaban J connectivity index is 1.86. The second kappa shape index (κ2) is 7.18. The van der Waals surface area contributed by atoms with E-state index in [9.17, 15) is 18.4 Å². The minimum Gasteiger partial charge on any atom is -0.288 e. The fraction of sp³-hybridized carbons (Fsp3) is 0.200. The molecule has 0 saturated carbocycles. The van der Waals surface area contributed by atoms with E-state index in [1.165, 1.54) is 15.5 Å². The van der Waals surface area contributed by atoms with Crippen LogP contribution in [0.5, 0.6) is 0 Å². The van der Waals surface area contributed by atoms with Gasteiger partial charge in [0.05, 0.1) is 10.6 Å². The van der Waals surface area contributed by atoms with Gasteiger partial charge in [0.25, 0.3) is 0 Å². The van der Waals surface area contributed by atoms with Gasteiger partial charge in [-0.3, -0.25) is 19.1 Å². The number of benzene rings is 2. The highest BCUT2D eigenvalue weighted by Gasteiger charge is 2.37. The van der Waals surface area contributed by atoms with Crippen LogP contribution in [-0.2, 0) is 11.8 Å². The quantitative estimate of drug-likeness (QED) is 0.582. The number of halogens is 2. The van der Waals surface area contributed by atoms with Crippen molar-refractivity contribution in [1.29, 1.82) is 0 Å². The van der Waals surface area contributed by atoms with Gasteiger partial charge < -0.3 is 0 Å². The van der Waals surface area contributed by atoms with Crippen LogP contribution in [0, 0.1) is 11.6 Å². The van der Waals surface area contributed by atoms with Gasteiger partial charge in [0.1, 0.15) is 5.82 Å². The fourth-order valence-corrected chi connectivity index (χ4v) is 4.92. The number of anilines is 2. The SMILES string of the molecule is CSc1ccc([C@@H]2CC(=O)N(c3ccc(F)c(F)c3)c3c2sc(=O)n3C)cc1. The first-order valence-corrected chi connectivity index (χ1v) is 10.6. The third kappa shape index (κ3) is 3.06. The second-order valence-corrected chi connectivity index (χ2v) is 8.35. The molecule has 144 valence electrons. The van der Waals surface area contributed by atoms with Crippen LogP contribution in [0.3, 0.4) is 0 Å². The molecule has 3 aromatic rings. The average Bonchev–Trinajstić information content (AvgIpc) is 2.98. The van der Waals surface area contributed by atoms with Crippen molar-refractivity contribution in [2.24, 2.45) is 7.05 Å². The highest BCUT2D eigenvalue weighted by molar-refractivity contribution is 7.98. The maximum Gasteiger partial charge on any atom is 0.308 e. The first-order chi connectivity index (χ1) is 13.4. The minimum absolute atomic E-state index is 0.143. The molecule has 0 radical (unpaired) electrons. The molecule has 1 aromatic heterocycles. The molecule has 2 aromatic carbocycles. The Hall–Kier alpha value is -2.45. The number of nitrogens with zero attached hydrogens (tertiary/aromatic N) is 2. The summed E-state index contributed by atoms with van der Waals surface area (Å²) in [4.78, 5) is 28.4. The normalized spacial score (nSPS) is 16.4. The topological polar surface area (TPSA) is 42.3 Å². The predicted molar refractivity (Wildman–Crippen MR) is 108 cm³/mol. The predicted octanol–water partition coefficient (Wildman–Crippen LogP) is 4.65. The number of hydrogen-bond donors (Lipinski definition) is 0. The van der Waals surface area contributed by atoms with E-state index >= 15 is 0 Å². The van der Waals surface area contributed by atoms with Crippen LogP contribution >= 0.6 is 23.1 Å². The van der Waals surface area contributed by atoms with E-state index in [2.05, 4.69) is 0 Å². The second-order valence-electron chi connectivity index (χ2n) is 6.47. The Morgan fingerprint density at radius 2 is 1.79 bits per heavy atom. The number of carbonyl (C=O) groups is 1. The number of carbonyl (C=O) groups excluding carboxylic acids is 1. The molecule has 1 aliphatic rings. The Morgan fingerprint density at radius 3 is 2.43 bits per heavy atom. The number of hydrogen-bond acceptors (Lipinski definition) is 4. The van der Waals surface area contributed by atoms with E-state index in [1.807, 2.05) is 30.5 Å². The van der Waals surface area contributed by atoms with Crippen LogP contribution in [0.15, 0.2) is 52.2 Å². The molecule has 0 N–H and O–H groups in total. The summed E-state index contributed by atoms with van der Waals surface area (Å²) in [6, 6.07) is 11.2. The lowest BCUT2D eigenvalue weighted by Gasteiger charge is -2.32. The van der Waals surface area contributed by atoms with E-state index in [-0.39, 0.29) is 28.8 Å². The third-order valence-electron chi connectivity index (χ3n) is 4.85. The molecule has 4 nitrogen and oxygen atoms in total. The lowest BCUT2D eigenvalue weighted by molar-refractivity contribution is -0.118. The Morgan fingerprint density at radius 1 is 1.07 bits per heavy atom. The standard InChI is InChI=1S/C20H16F2N2O2S2/c1-23-19-18(28-20(23)26)14(11-3-6-13(27-2)7-4-11)10-17(25)24(19)12-5-8-15(21)16(22)9-12/h3-9,14H,10H2,1-2H3/t14-/m0/s1. The number of aromatic nitrogens is 1. The molecule has 28 heavy (non-hydrogen) atoms. The summed E-state index contributed by atoms with van der Waals surface area (Å²) in [6.07, 6.45) is 2.13. The zero-order chi connectivity index (χ0) is 20.0. The van der Waals surface area contributed by atoms with Crippen LogP contribution in [0.4, 0.5) is 20.3 Å². The summed E-state index contributed by atoms with van der Waals surface area (Å²) in [5, 5.41) is 0. The highest BCUT2D eigenvalue weighted by atomic mass is 32.2. The van der Waals surface area contributed by atoms with Crippen molar-refractivity contribution in [3.05, 3.63) is 74.2 Å². The number of fused-ring (bicyclic) bond motifs is 1. The van der Waals surface area contributed by atoms with E-state index in [4.69, 9.17) is 0 Å². The van der Waals surface area contributed by atoms with E-state index in [0.29, 0.717) is 5.82 Å². The largest absolute Gasteiger partial charge is 0.308 e. The molecule has 1 atom stereocenters. The van der Waals surface area contributed by atoms with Crippen molar-refractivity contribution in [3.63, 3.8) is 0 Å². The molecule has 0 unspecified atom stereocenters. The van der Waals surface area contributed by atoms with E-state index < -0.39 is 11.6 Å². The highest BCUT2D eigenvalue weighted by Crippen LogP contribution is 2.44. The molecule has 1 aliphatic heterocycles. The fourth-order valence-electron chi connectivity index (χ4n) is 3.42. The zero-order valence-electron chi connectivity index (χ0n) is 15.1. The van der Waals surface area contributed by atoms with Crippen LogP contribution in [0.1, 0.15) is 22.8 Å². The first-order valence-electron chi connectivity index (χ1n) is 8.52. The lowest BCUT2D eigenvalue weighted by atomic mass is 9.90. The molecular weight excluding hydrogens is 402 g/mol.